The van der Waals surface area contributed by atoms with Gasteiger partial charge in [0, 0.05) is 24.5 Å². The van der Waals surface area contributed by atoms with E-state index in [-0.39, 0.29) is 0 Å². The van der Waals surface area contributed by atoms with Crippen LogP contribution in [-0.2, 0) is 0 Å². The van der Waals surface area contributed by atoms with Crippen LogP contribution in [0.3, 0.4) is 0 Å². The molecule has 0 spiro atoms. The summed E-state index contributed by atoms with van der Waals surface area (Å²) in [5.74, 6) is 2.73. The molecule has 1 aliphatic heterocycles. The van der Waals surface area contributed by atoms with Crippen LogP contribution in [0.4, 0.5) is 0 Å². The minimum atomic E-state index is 0.459. The molecule has 2 heteroatoms. The molecule has 1 saturated heterocycles. The first kappa shape index (κ1) is 13.5. The Morgan fingerprint density at radius 1 is 1.31 bits per heavy atom. The summed E-state index contributed by atoms with van der Waals surface area (Å²) in [5.41, 5.74) is 0. The SMILES string of the molecule is C#CCC(C)NC1CCCN(C(C)C)CC1. The summed E-state index contributed by atoms with van der Waals surface area (Å²) in [6.45, 7) is 9.23. The van der Waals surface area contributed by atoms with Crippen molar-refractivity contribution in [1.29, 1.82) is 0 Å². The maximum atomic E-state index is 5.33. The summed E-state index contributed by atoms with van der Waals surface area (Å²) in [7, 11) is 0. The van der Waals surface area contributed by atoms with Gasteiger partial charge < -0.3 is 10.2 Å². The van der Waals surface area contributed by atoms with Gasteiger partial charge >= 0.3 is 0 Å². The van der Waals surface area contributed by atoms with E-state index in [2.05, 4.69) is 36.9 Å². The maximum absolute atomic E-state index is 5.33. The highest BCUT2D eigenvalue weighted by molar-refractivity contribution is 4.89. The van der Waals surface area contributed by atoms with E-state index in [0.717, 1.165) is 6.42 Å². The molecule has 0 aromatic rings. The molecule has 1 aliphatic rings. The lowest BCUT2D eigenvalue weighted by molar-refractivity contribution is 0.228. The summed E-state index contributed by atoms with van der Waals surface area (Å²) < 4.78 is 0. The zero-order valence-corrected chi connectivity index (χ0v) is 11.0. The Bertz CT molecular complexity index is 229. The topological polar surface area (TPSA) is 15.3 Å². The van der Waals surface area contributed by atoms with Crippen LogP contribution in [0.5, 0.6) is 0 Å². The second kappa shape index (κ2) is 6.93. The Balaban J connectivity index is 2.33. The van der Waals surface area contributed by atoms with Crippen molar-refractivity contribution >= 4 is 0 Å². The van der Waals surface area contributed by atoms with Crippen LogP contribution in [0.1, 0.15) is 46.5 Å². The fraction of sp³-hybridized carbons (Fsp3) is 0.857. The molecule has 1 rings (SSSR count). The third kappa shape index (κ3) is 4.55. The van der Waals surface area contributed by atoms with E-state index >= 15 is 0 Å². The van der Waals surface area contributed by atoms with E-state index in [1.807, 2.05) is 0 Å². The van der Waals surface area contributed by atoms with E-state index in [0.29, 0.717) is 18.1 Å². The largest absolute Gasteiger partial charge is 0.311 e. The average molecular weight is 222 g/mol. The van der Waals surface area contributed by atoms with Gasteiger partial charge in [-0.2, -0.15) is 0 Å². The minimum Gasteiger partial charge on any atom is -0.311 e. The molecule has 0 aromatic heterocycles. The highest BCUT2D eigenvalue weighted by Crippen LogP contribution is 2.14. The lowest BCUT2D eigenvalue weighted by atomic mass is 10.1. The highest BCUT2D eigenvalue weighted by Gasteiger charge is 2.19. The van der Waals surface area contributed by atoms with Crippen molar-refractivity contribution in [3.05, 3.63) is 0 Å². The lowest BCUT2D eigenvalue weighted by Crippen LogP contribution is -2.37. The van der Waals surface area contributed by atoms with Crippen molar-refractivity contribution in [3.8, 4) is 12.3 Å². The molecule has 1 heterocycles. The molecule has 0 saturated carbocycles. The molecule has 16 heavy (non-hydrogen) atoms. The van der Waals surface area contributed by atoms with Gasteiger partial charge in [0.1, 0.15) is 0 Å². The second-order valence-electron chi connectivity index (χ2n) is 5.23. The maximum Gasteiger partial charge on any atom is 0.0238 e. The number of nitrogens with zero attached hydrogens (tertiary/aromatic N) is 1. The van der Waals surface area contributed by atoms with Crippen LogP contribution in [0.15, 0.2) is 0 Å². The Morgan fingerprint density at radius 2 is 2.06 bits per heavy atom. The van der Waals surface area contributed by atoms with Gasteiger partial charge in [-0.05, 0) is 53.1 Å². The quantitative estimate of drug-likeness (QED) is 0.734. The van der Waals surface area contributed by atoms with Gasteiger partial charge in [-0.1, -0.05) is 0 Å². The number of hydrogen-bond donors (Lipinski definition) is 1. The number of nitrogens with one attached hydrogen (secondary N) is 1. The van der Waals surface area contributed by atoms with Gasteiger partial charge in [-0.15, -0.1) is 12.3 Å². The number of terminal acetylenes is 1. The third-order valence-corrected chi connectivity index (χ3v) is 3.44. The monoisotopic (exact) mass is 222 g/mol. The summed E-state index contributed by atoms with van der Waals surface area (Å²) >= 11 is 0. The third-order valence-electron chi connectivity index (χ3n) is 3.44. The Kier molecular flexibility index (Phi) is 5.87. The second-order valence-corrected chi connectivity index (χ2v) is 5.23. The van der Waals surface area contributed by atoms with Crippen molar-refractivity contribution in [2.24, 2.45) is 0 Å². The first-order valence-electron chi connectivity index (χ1n) is 6.57. The van der Waals surface area contributed by atoms with E-state index < -0.39 is 0 Å². The zero-order chi connectivity index (χ0) is 12.0. The number of hydrogen-bond acceptors (Lipinski definition) is 2. The van der Waals surface area contributed by atoms with Crippen molar-refractivity contribution in [2.45, 2.75) is 64.6 Å². The average Bonchev–Trinajstić information content (AvgIpc) is 2.43. The van der Waals surface area contributed by atoms with Gasteiger partial charge in [-0.3, -0.25) is 0 Å². The first-order chi connectivity index (χ1) is 7.63. The normalized spacial score (nSPS) is 25.1. The van der Waals surface area contributed by atoms with Crippen molar-refractivity contribution in [2.75, 3.05) is 13.1 Å². The van der Waals surface area contributed by atoms with Crippen molar-refractivity contribution in [3.63, 3.8) is 0 Å². The molecule has 92 valence electrons. The Hall–Kier alpha value is -0.520. The predicted molar refractivity (Wildman–Crippen MR) is 70.4 cm³/mol. The first-order valence-corrected chi connectivity index (χ1v) is 6.57. The molecule has 1 N–H and O–H groups in total. The molecular formula is C14H26N2. The summed E-state index contributed by atoms with van der Waals surface area (Å²) in [6, 6.07) is 1.80. The van der Waals surface area contributed by atoms with Crippen LogP contribution in [0.2, 0.25) is 0 Å². The molecule has 0 aromatic carbocycles. The smallest absolute Gasteiger partial charge is 0.0238 e. The van der Waals surface area contributed by atoms with E-state index in [1.54, 1.807) is 0 Å². The van der Waals surface area contributed by atoms with Crippen molar-refractivity contribution in [1.82, 2.24) is 10.2 Å². The van der Waals surface area contributed by atoms with Gasteiger partial charge in [0.25, 0.3) is 0 Å². The van der Waals surface area contributed by atoms with E-state index in [9.17, 15) is 0 Å². The van der Waals surface area contributed by atoms with E-state index in [4.69, 9.17) is 6.42 Å². The minimum absolute atomic E-state index is 0.459. The molecule has 2 nitrogen and oxygen atoms in total. The molecule has 1 fully saturated rings. The molecular weight excluding hydrogens is 196 g/mol. The number of likely N-dealkylation sites (tertiary alicyclic amines) is 1. The van der Waals surface area contributed by atoms with Crippen LogP contribution >= 0.6 is 0 Å². The lowest BCUT2D eigenvalue weighted by Gasteiger charge is -2.25. The fourth-order valence-corrected chi connectivity index (χ4v) is 2.44. The Labute approximate surface area is 101 Å². The van der Waals surface area contributed by atoms with Crippen LogP contribution in [0, 0.1) is 12.3 Å². The molecule has 0 bridgehead atoms. The molecule has 2 atom stereocenters. The number of rotatable bonds is 4. The molecule has 2 unspecified atom stereocenters. The predicted octanol–water partition coefficient (Wildman–Crippen LogP) is 2.25. The highest BCUT2D eigenvalue weighted by atomic mass is 15.1. The molecule has 0 radical (unpaired) electrons. The van der Waals surface area contributed by atoms with Gasteiger partial charge in [0.15, 0.2) is 0 Å². The van der Waals surface area contributed by atoms with Crippen LogP contribution < -0.4 is 5.32 Å². The van der Waals surface area contributed by atoms with Gasteiger partial charge in [0.2, 0.25) is 0 Å². The van der Waals surface area contributed by atoms with Gasteiger partial charge in [-0.25, -0.2) is 0 Å². The zero-order valence-electron chi connectivity index (χ0n) is 11.0. The van der Waals surface area contributed by atoms with Crippen LogP contribution in [0.25, 0.3) is 0 Å². The standard InChI is InChI=1S/C14H26N2/c1-5-7-13(4)15-14-8-6-10-16(11-9-14)12(2)3/h1,12-15H,6-11H2,2-4H3. The fourth-order valence-electron chi connectivity index (χ4n) is 2.44. The molecule has 0 amide bonds. The van der Waals surface area contributed by atoms with Crippen molar-refractivity contribution < 1.29 is 0 Å². The summed E-state index contributed by atoms with van der Waals surface area (Å²) in [4.78, 5) is 2.58. The van der Waals surface area contributed by atoms with Crippen LogP contribution in [-0.4, -0.2) is 36.1 Å². The van der Waals surface area contributed by atoms with Gasteiger partial charge in [0.05, 0.1) is 0 Å². The summed E-state index contributed by atoms with van der Waals surface area (Å²) in [5, 5.41) is 3.65. The summed E-state index contributed by atoms with van der Waals surface area (Å²) in [6.07, 6.45) is 10.0. The Morgan fingerprint density at radius 3 is 2.69 bits per heavy atom. The van der Waals surface area contributed by atoms with E-state index in [1.165, 1.54) is 32.4 Å². The molecule has 0 aliphatic carbocycles.